The molecule has 0 saturated heterocycles. The third kappa shape index (κ3) is 8.52. The molecule has 0 radical (unpaired) electrons. The molecular weight excluding hydrogens is 172 g/mol. The minimum Gasteiger partial charge on any atom is -0.315 e. The van der Waals surface area contributed by atoms with Gasteiger partial charge in [-0.15, -0.1) is 0 Å². The van der Waals surface area contributed by atoms with Gasteiger partial charge in [-0.2, -0.15) is 0 Å². The van der Waals surface area contributed by atoms with Crippen LogP contribution in [0.3, 0.4) is 0 Å². The van der Waals surface area contributed by atoms with Gasteiger partial charge in [0.15, 0.2) is 0 Å². The molecule has 0 aliphatic rings. The normalized spacial score (nSPS) is 13.9. The highest BCUT2D eigenvalue weighted by atomic mass is 14.9. The molecule has 0 aromatic heterocycles. The molecule has 86 valence electrons. The van der Waals surface area contributed by atoms with Crippen LogP contribution in [0.2, 0.25) is 0 Å². The predicted octanol–water partition coefficient (Wildman–Crippen LogP) is 2.11. The van der Waals surface area contributed by atoms with Crippen LogP contribution in [0.15, 0.2) is 0 Å². The van der Waals surface area contributed by atoms with Crippen molar-refractivity contribution in [3.05, 3.63) is 0 Å². The van der Waals surface area contributed by atoms with Crippen LogP contribution in [0.25, 0.3) is 0 Å². The average Bonchev–Trinajstić information content (AvgIpc) is 2.09. The summed E-state index contributed by atoms with van der Waals surface area (Å²) in [5.74, 6) is 2.32. The maximum absolute atomic E-state index is 3.48. The Balaban J connectivity index is 3.13. The van der Waals surface area contributed by atoms with E-state index < -0.39 is 0 Å². The van der Waals surface area contributed by atoms with Crippen LogP contribution in [0.4, 0.5) is 0 Å². The molecule has 0 aliphatic carbocycles. The number of hydrogen-bond acceptors (Lipinski definition) is 2. The summed E-state index contributed by atoms with van der Waals surface area (Å²) in [5.41, 5.74) is 0. The Kier molecular flexibility index (Phi) is 8.20. The lowest BCUT2D eigenvalue weighted by Crippen LogP contribution is -2.32. The topological polar surface area (TPSA) is 24.1 Å². The van der Waals surface area contributed by atoms with E-state index in [2.05, 4.69) is 45.3 Å². The highest BCUT2D eigenvalue weighted by Gasteiger charge is 2.05. The fourth-order valence-electron chi connectivity index (χ4n) is 1.13. The van der Waals surface area contributed by atoms with Gasteiger partial charge in [-0.1, -0.05) is 34.6 Å². The lowest BCUT2D eigenvalue weighted by Gasteiger charge is -2.16. The Bertz CT molecular complexity index is 121. The van der Waals surface area contributed by atoms with Gasteiger partial charge in [0.1, 0.15) is 0 Å². The van der Waals surface area contributed by atoms with Gasteiger partial charge < -0.3 is 10.6 Å². The SMILES string of the molecule is CC(C)CNCCNCC(C)C(C)C. The summed E-state index contributed by atoms with van der Waals surface area (Å²) < 4.78 is 0. The van der Waals surface area contributed by atoms with Gasteiger partial charge in [0.2, 0.25) is 0 Å². The van der Waals surface area contributed by atoms with E-state index in [1.165, 1.54) is 0 Å². The van der Waals surface area contributed by atoms with Gasteiger partial charge in [0.05, 0.1) is 0 Å². The molecule has 1 atom stereocenters. The second kappa shape index (κ2) is 8.25. The molecular formula is C12H28N2. The Morgan fingerprint density at radius 1 is 0.786 bits per heavy atom. The van der Waals surface area contributed by atoms with E-state index in [0.717, 1.165) is 43.9 Å². The van der Waals surface area contributed by atoms with Crippen LogP contribution >= 0.6 is 0 Å². The number of rotatable bonds is 8. The van der Waals surface area contributed by atoms with Crippen molar-refractivity contribution in [3.63, 3.8) is 0 Å². The van der Waals surface area contributed by atoms with Gasteiger partial charge in [-0.3, -0.25) is 0 Å². The molecule has 14 heavy (non-hydrogen) atoms. The van der Waals surface area contributed by atoms with Gasteiger partial charge >= 0.3 is 0 Å². The lowest BCUT2D eigenvalue weighted by atomic mass is 9.98. The summed E-state index contributed by atoms with van der Waals surface area (Å²) in [7, 11) is 0. The van der Waals surface area contributed by atoms with Crippen molar-refractivity contribution in [2.45, 2.75) is 34.6 Å². The van der Waals surface area contributed by atoms with E-state index in [9.17, 15) is 0 Å². The zero-order chi connectivity index (χ0) is 11.0. The van der Waals surface area contributed by atoms with E-state index in [-0.39, 0.29) is 0 Å². The zero-order valence-corrected chi connectivity index (χ0v) is 10.6. The minimum absolute atomic E-state index is 0.754. The smallest absolute Gasteiger partial charge is 0.00768 e. The first-order valence-corrected chi connectivity index (χ1v) is 5.95. The Morgan fingerprint density at radius 2 is 1.29 bits per heavy atom. The molecule has 2 N–H and O–H groups in total. The molecule has 0 rings (SSSR count). The van der Waals surface area contributed by atoms with Crippen LogP contribution in [-0.4, -0.2) is 26.2 Å². The van der Waals surface area contributed by atoms with Crippen molar-refractivity contribution in [1.82, 2.24) is 10.6 Å². The van der Waals surface area contributed by atoms with E-state index in [0.29, 0.717) is 0 Å². The molecule has 0 bridgehead atoms. The van der Waals surface area contributed by atoms with Crippen LogP contribution < -0.4 is 10.6 Å². The maximum Gasteiger partial charge on any atom is 0.00768 e. The summed E-state index contributed by atoms with van der Waals surface area (Å²) in [4.78, 5) is 0. The molecule has 0 aliphatic heterocycles. The number of hydrogen-bond donors (Lipinski definition) is 2. The predicted molar refractivity (Wildman–Crippen MR) is 64.6 cm³/mol. The van der Waals surface area contributed by atoms with Gasteiger partial charge in [0, 0.05) is 13.1 Å². The monoisotopic (exact) mass is 200 g/mol. The molecule has 0 aromatic rings. The average molecular weight is 200 g/mol. The maximum atomic E-state index is 3.48. The van der Waals surface area contributed by atoms with E-state index in [4.69, 9.17) is 0 Å². The highest BCUT2D eigenvalue weighted by molar-refractivity contribution is 4.61. The van der Waals surface area contributed by atoms with Gasteiger partial charge in [-0.05, 0) is 30.8 Å². The van der Waals surface area contributed by atoms with Crippen LogP contribution in [0.1, 0.15) is 34.6 Å². The van der Waals surface area contributed by atoms with Crippen LogP contribution in [0.5, 0.6) is 0 Å². The van der Waals surface area contributed by atoms with Crippen molar-refractivity contribution < 1.29 is 0 Å². The third-order valence-corrected chi connectivity index (χ3v) is 2.64. The lowest BCUT2D eigenvalue weighted by molar-refractivity contribution is 0.391. The molecule has 2 nitrogen and oxygen atoms in total. The Morgan fingerprint density at radius 3 is 1.71 bits per heavy atom. The van der Waals surface area contributed by atoms with Crippen molar-refractivity contribution >= 4 is 0 Å². The third-order valence-electron chi connectivity index (χ3n) is 2.64. The number of nitrogens with one attached hydrogen (secondary N) is 2. The second-order valence-corrected chi connectivity index (χ2v) is 5.02. The van der Waals surface area contributed by atoms with Crippen LogP contribution in [-0.2, 0) is 0 Å². The van der Waals surface area contributed by atoms with Gasteiger partial charge in [0.25, 0.3) is 0 Å². The molecule has 1 unspecified atom stereocenters. The first-order valence-electron chi connectivity index (χ1n) is 5.95. The Labute approximate surface area is 89.9 Å². The molecule has 0 aromatic carbocycles. The molecule has 0 saturated carbocycles. The fourth-order valence-corrected chi connectivity index (χ4v) is 1.13. The van der Waals surface area contributed by atoms with E-state index >= 15 is 0 Å². The van der Waals surface area contributed by atoms with Crippen molar-refractivity contribution in [2.75, 3.05) is 26.2 Å². The minimum atomic E-state index is 0.754. The summed E-state index contributed by atoms with van der Waals surface area (Å²) in [6.07, 6.45) is 0. The largest absolute Gasteiger partial charge is 0.315 e. The van der Waals surface area contributed by atoms with E-state index in [1.54, 1.807) is 0 Å². The first-order chi connectivity index (χ1) is 6.54. The molecule has 0 amide bonds. The van der Waals surface area contributed by atoms with Crippen molar-refractivity contribution in [3.8, 4) is 0 Å². The zero-order valence-electron chi connectivity index (χ0n) is 10.6. The molecule has 2 heteroatoms. The standard InChI is InChI=1S/C12H28N2/c1-10(2)8-13-6-7-14-9-12(5)11(3)4/h10-14H,6-9H2,1-5H3. The second-order valence-electron chi connectivity index (χ2n) is 5.02. The Hall–Kier alpha value is -0.0800. The quantitative estimate of drug-likeness (QED) is 0.586. The van der Waals surface area contributed by atoms with Gasteiger partial charge in [-0.25, -0.2) is 0 Å². The molecule has 0 heterocycles. The summed E-state index contributed by atoms with van der Waals surface area (Å²) in [6.45, 7) is 15.8. The van der Waals surface area contributed by atoms with Crippen molar-refractivity contribution in [2.24, 2.45) is 17.8 Å². The highest BCUT2D eigenvalue weighted by Crippen LogP contribution is 2.06. The summed E-state index contributed by atoms with van der Waals surface area (Å²) in [5, 5.41) is 6.90. The summed E-state index contributed by atoms with van der Waals surface area (Å²) in [6, 6.07) is 0. The fraction of sp³-hybridized carbons (Fsp3) is 1.00. The summed E-state index contributed by atoms with van der Waals surface area (Å²) >= 11 is 0. The first kappa shape index (κ1) is 13.9. The molecule has 0 fully saturated rings. The van der Waals surface area contributed by atoms with E-state index in [1.807, 2.05) is 0 Å². The van der Waals surface area contributed by atoms with Crippen LogP contribution in [0, 0.1) is 17.8 Å². The molecule has 0 spiro atoms. The van der Waals surface area contributed by atoms with Crippen molar-refractivity contribution in [1.29, 1.82) is 0 Å².